The van der Waals surface area contributed by atoms with E-state index in [1.165, 1.54) is 12.8 Å². The van der Waals surface area contributed by atoms with E-state index < -0.39 is 0 Å². The van der Waals surface area contributed by atoms with E-state index in [0.29, 0.717) is 12.1 Å². The van der Waals surface area contributed by atoms with E-state index in [1.807, 2.05) is 0 Å². The van der Waals surface area contributed by atoms with Crippen LogP contribution in [0.4, 0.5) is 0 Å². The van der Waals surface area contributed by atoms with Crippen molar-refractivity contribution in [1.82, 2.24) is 10.2 Å². The standard InChI is InChI=1S/C13H25N3O/c1-15-13(17)12-4-2-3-9-16(12)11-7-5-10(14)6-8-11/h10-12H,2-9,14H2,1H3,(H,15,17). The van der Waals surface area contributed by atoms with Gasteiger partial charge in [0.25, 0.3) is 0 Å². The smallest absolute Gasteiger partial charge is 0.237 e. The first kappa shape index (κ1) is 12.8. The van der Waals surface area contributed by atoms with Crippen molar-refractivity contribution in [2.75, 3.05) is 13.6 Å². The molecule has 3 N–H and O–H groups in total. The van der Waals surface area contributed by atoms with Gasteiger partial charge in [-0.25, -0.2) is 0 Å². The van der Waals surface area contributed by atoms with Gasteiger partial charge in [0, 0.05) is 19.1 Å². The summed E-state index contributed by atoms with van der Waals surface area (Å²) >= 11 is 0. The molecular weight excluding hydrogens is 214 g/mol. The Kier molecular flexibility index (Phi) is 4.40. The van der Waals surface area contributed by atoms with Gasteiger partial charge in [0.15, 0.2) is 0 Å². The molecule has 0 bridgehead atoms. The molecule has 0 radical (unpaired) electrons. The summed E-state index contributed by atoms with van der Waals surface area (Å²) in [6.45, 7) is 1.08. The minimum Gasteiger partial charge on any atom is -0.358 e. The van der Waals surface area contributed by atoms with Crippen LogP contribution in [0.3, 0.4) is 0 Å². The minimum absolute atomic E-state index is 0.105. The zero-order chi connectivity index (χ0) is 12.3. The van der Waals surface area contributed by atoms with E-state index in [4.69, 9.17) is 5.73 Å². The number of hydrogen-bond acceptors (Lipinski definition) is 3. The number of rotatable bonds is 2. The van der Waals surface area contributed by atoms with E-state index >= 15 is 0 Å². The van der Waals surface area contributed by atoms with Crippen LogP contribution in [0.5, 0.6) is 0 Å². The lowest BCUT2D eigenvalue weighted by molar-refractivity contribution is -0.128. The molecule has 98 valence electrons. The molecule has 4 heteroatoms. The lowest BCUT2D eigenvalue weighted by atomic mass is 9.88. The average molecular weight is 239 g/mol. The van der Waals surface area contributed by atoms with E-state index in [-0.39, 0.29) is 11.9 Å². The van der Waals surface area contributed by atoms with Crippen molar-refractivity contribution in [3.05, 3.63) is 0 Å². The Morgan fingerprint density at radius 1 is 1.18 bits per heavy atom. The van der Waals surface area contributed by atoms with E-state index in [0.717, 1.165) is 38.6 Å². The van der Waals surface area contributed by atoms with Crippen LogP contribution < -0.4 is 11.1 Å². The maximum atomic E-state index is 11.9. The van der Waals surface area contributed by atoms with Crippen LogP contribution in [0.2, 0.25) is 0 Å². The number of nitrogens with zero attached hydrogens (tertiary/aromatic N) is 1. The molecule has 17 heavy (non-hydrogen) atoms. The Labute approximate surface area is 104 Å². The second-order valence-corrected chi connectivity index (χ2v) is 5.43. The van der Waals surface area contributed by atoms with Gasteiger partial charge in [-0.1, -0.05) is 6.42 Å². The largest absolute Gasteiger partial charge is 0.358 e. The maximum absolute atomic E-state index is 11.9. The van der Waals surface area contributed by atoms with Gasteiger partial charge in [-0.05, 0) is 45.1 Å². The topological polar surface area (TPSA) is 58.4 Å². The third-order valence-corrected chi connectivity index (χ3v) is 4.30. The highest BCUT2D eigenvalue weighted by atomic mass is 16.2. The molecule has 1 heterocycles. The number of nitrogens with two attached hydrogens (primary N) is 1. The first-order valence-electron chi connectivity index (χ1n) is 6.95. The van der Waals surface area contributed by atoms with Crippen molar-refractivity contribution in [2.45, 2.75) is 63.1 Å². The third-order valence-electron chi connectivity index (χ3n) is 4.30. The molecule has 1 amide bonds. The van der Waals surface area contributed by atoms with Gasteiger partial charge in [0.1, 0.15) is 0 Å². The molecule has 1 saturated heterocycles. The van der Waals surface area contributed by atoms with Crippen molar-refractivity contribution in [3.8, 4) is 0 Å². The number of nitrogens with one attached hydrogen (secondary N) is 1. The molecule has 2 fully saturated rings. The lowest BCUT2D eigenvalue weighted by Gasteiger charge is -2.42. The first-order valence-corrected chi connectivity index (χ1v) is 6.95. The van der Waals surface area contributed by atoms with Crippen LogP contribution in [0.15, 0.2) is 0 Å². The molecule has 0 aromatic carbocycles. The number of likely N-dealkylation sites (tertiary alicyclic amines) is 1. The Hall–Kier alpha value is -0.610. The Bertz CT molecular complexity index is 261. The summed E-state index contributed by atoms with van der Waals surface area (Å²) in [5.41, 5.74) is 5.95. The molecule has 0 aromatic rings. The van der Waals surface area contributed by atoms with Gasteiger partial charge in [0.2, 0.25) is 5.91 Å². The van der Waals surface area contributed by atoms with E-state index in [9.17, 15) is 4.79 Å². The summed E-state index contributed by atoms with van der Waals surface area (Å²) in [7, 11) is 1.74. The van der Waals surface area contributed by atoms with E-state index in [1.54, 1.807) is 7.05 Å². The molecule has 1 aliphatic carbocycles. The Morgan fingerprint density at radius 2 is 1.88 bits per heavy atom. The van der Waals surface area contributed by atoms with Gasteiger partial charge in [-0.3, -0.25) is 9.69 Å². The van der Waals surface area contributed by atoms with Crippen molar-refractivity contribution >= 4 is 5.91 Å². The van der Waals surface area contributed by atoms with Crippen LogP contribution in [0, 0.1) is 0 Å². The number of piperidine rings is 1. The monoisotopic (exact) mass is 239 g/mol. The van der Waals surface area contributed by atoms with Crippen LogP contribution >= 0.6 is 0 Å². The van der Waals surface area contributed by atoms with Crippen molar-refractivity contribution < 1.29 is 4.79 Å². The third kappa shape index (κ3) is 2.99. The summed E-state index contributed by atoms with van der Waals surface area (Å²) in [5, 5.41) is 2.81. The maximum Gasteiger partial charge on any atom is 0.237 e. The molecule has 1 aliphatic heterocycles. The second kappa shape index (κ2) is 5.83. The van der Waals surface area contributed by atoms with Crippen molar-refractivity contribution in [3.63, 3.8) is 0 Å². The Morgan fingerprint density at radius 3 is 2.53 bits per heavy atom. The summed E-state index contributed by atoms with van der Waals surface area (Å²) in [6.07, 6.45) is 7.98. The summed E-state index contributed by atoms with van der Waals surface area (Å²) in [6, 6.07) is 1.07. The molecule has 1 atom stereocenters. The molecule has 0 spiro atoms. The molecule has 4 nitrogen and oxygen atoms in total. The number of amides is 1. The zero-order valence-electron chi connectivity index (χ0n) is 10.8. The van der Waals surface area contributed by atoms with E-state index in [2.05, 4.69) is 10.2 Å². The van der Waals surface area contributed by atoms with Crippen LogP contribution in [-0.2, 0) is 4.79 Å². The van der Waals surface area contributed by atoms with Crippen LogP contribution in [-0.4, -0.2) is 42.5 Å². The first-order chi connectivity index (χ1) is 8.22. The predicted octanol–water partition coefficient (Wildman–Crippen LogP) is 0.857. The average Bonchev–Trinajstić information content (AvgIpc) is 2.39. The molecule has 0 aromatic heterocycles. The molecule has 1 saturated carbocycles. The highest BCUT2D eigenvalue weighted by Crippen LogP contribution is 2.28. The van der Waals surface area contributed by atoms with Gasteiger partial charge in [-0.2, -0.15) is 0 Å². The molecular formula is C13H25N3O. The summed E-state index contributed by atoms with van der Waals surface area (Å²) < 4.78 is 0. The number of carbonyl (C=O) groups is 1. The predicted molar refractivity (Wildman–Crippen MR) is 68.6 cm³/mol. The van der Waals surface area contributed by atoms with Gasteiger partial charge in [-0.15, -0.1) is 0 Å². The van der Waals surface area contributed by atoms with Gasteiger partial charge < -0.3 is 11.1 Å². The highest BCUT2D eigenvalue weighted by molar-refractivity contribution is 5.81. The van der Waals surface area contributed by atoms with Crippen molar-refractivity contribution in [2.24, 2.45) is 5.73 Å². The molecule has 2 rings (SSSR count). The fourth-order valence-corrected chi connectivity index (χ4v) is 3.27. The fourth-order valence-electron chi connectivity index (χ4n) is 3.27. The summed E-state index contributed by atoms with van der Waals surface area (Å²) in [4.78, 5) is 14.3. The highest BCUT2D eigenvalue weighted by Gasteiger charge is 2.34. The quantitative estimate of drug-likeness (QED) is 0.751. The van der Waals surface area contributed by atoms with Gasteiger partial charge in [0.05, 0.1) is 6.04 Å². The lowest BCUT2D eigenvalue weighted by Crippen LogP contribution is -2.54. The SMILES string of the molecule is CNC(=O)C1CCCCN1C1CCC(N)CC1. The van der Waals surface area contributed by atoms with Crippen LogP contribution in [0.25, 0.3) is 0 Å². The minimum atomic E-state index is 0.105. The Balaban J connectivity index is 1.98. The number of likely N-dealkylation sites (N-methyl/N-ethyl adjacent to an activating group) is 1. The second-order valence-electron chi connectivity index (χ2n) is 5.43. The zero-order valence-corrected chi connectivity index (χ0v) is 10.8. The molecule has 2 aliphatic rings. The van der Waals surface area contributed by atoms with Gasteiger partial charge >= 0.3 is 0 Å². The normalized spacial score (nSPS) is 35.5. The summed E-state index contributed by atoms with van der Waals surface area (Å²) in [5.74, 6) is 0.194. The number of hydrogen-bond donors (Lipinski definition) is 2. The molecule has 1 unspecified atom stereocenters. The fraction of sp³-hybridized carbons (Fsp3) is 0.923. The van der Waals surface area contributed by atoms with Crippen molar-refractivity contribution in [1.29, 1.82) is 0 Å². The number of carbonyl (C=O) groups excluding carboxylic acids is 1. The van der Waals surface area contributed by atoms with Crippen LogP contribution in [0.1, 0.15) is 44.9 Å².